The Morgan fingerprint density at radius 2 is 2.12 bits per heavy atom. The van der Waals surface area contributed by atoms with Gasteiger partial charge in [0, 0.05) is 19.0 Å². The molecule has 92 valence electrons. The van der Waals surface area contributed by atoms with E-state index in [1.165, 1.54) is 5.57 Å². The molecule has 0 atom stereocenters. The van der Waals surface area contributed by atoms with Crippen molar-refractivity contribution in [3.05, 3.63) is 29.6 Å². The molecule has 0 amide bonds. The van der Waals surface area contributed by atoms with Gasteiger partial charge in [-0.1, -0.05) is 19.4 Å². The Balaban J connectivity index is 2.03. The number of carbonyl (C=O) groups is 1. The zero-order valence-electron chi connectivity index (χ0n) is 10.6. The van der Waals surface area contributed by atoms with Crippen LogP contribution >= 0.6 is 0 Å². The van der Waals surface area contributed by atoms with E-state index in [1.54, 1.807) is 6.08 Å². The number of ketones is 1. The first-order valence-corrected chi connectivity index (χ1v) is 6.49. The van der Waals surface area contributed by atoms with Gasteiger partial charge in [0.15, 0.2) is 5.78 Å². The fraction of sp³-hybridized carbons (Fsp3) is 0.571. The molecule has 0 aromatic carbocycles. The highest BCUT2D eigenvalue weighted by Gasteiger charge is 2.14. The van der Waals surface area contributed by atoms with Gasteiger partial charge in [0.05, 0.1) is 11.7 Å². The minimum absolute atomic E-state index is 0.263. The molecule has 0 N–H and O–H groups in total. The summed E-state index contributed by atoms with van der Waals surface area (Å²) in [6, 6.07) is 2.57. The Hall–Kier alpha value is -1.38. The van der Waals surface area contributed by atoms with Gasteiger partial charge in [-0.25, -0.2) is 0 Å². The van der Waals surface area contributed by atoms with Crippen LogP contribution in [-0.2, 0) is 11.2 Å². The number of rotatable bonds is 5. The van der Waals surface area contributed by atoms with Gasteiger partial charge in [-0.2, -0.15) is 5.10 Å². The smallest absolute Gasteiger partial charge is 0.155 e. The summed E-state index contributed by atoms with van der Waals surface area (Å²) in [5.74, 6) is 0.263. The van der Waals surface area contributed by atoms with Gasteiger partial charge in [0.25, 0.3) is 0 Å². The van der Waals surface area contributed by atoms with Crippen LogP contribution in [0.5, 0.6) is 0 Å². The number of carbonyl (C=O) groups excluding carboxylic acids is 1. The van der Waals surface area contributed by atoms with Crippen molar-refractivity contribution in [1.82, 2.24) is 9.78 Å². The Bertz CT molecular complexity index is 427. The van der Waals surface area contributed by atoms with E-state index < -0.39 is 0 Å². The van der Waals surface area contributed by atoms with Gasteiger partial charge in [0.1, 0.15) is 0 Å². The molecule has 1 aromatic heterocycles. The van der Waals surface area contributed by atoms with Crippen molar-refractivity contribution in [3.63, 3.8) is 0 Å². The largest absolute Gasteiger partial charge is 0.295 e. The molecule has 0 unspecified atom stereocenters. The molecule has 0 saturated heterocycles. The summed E-state index contributed by atoms with van der Waals surface area (Å²) < 4.78 is 2.06. The Morgan fingerprint density at radius 3 is 2.71 bits per heavy atom. The topological polar surface area (TPSA) is 34.9 Å². The van der Waals surface area contributed by atoms with E-state index in [4.69, 9.17) is 0 Å². The highest BCUT2D eigenvalue weighted by atomic mass is 16.1. The van der Waals surface area contributed by atoms with E-state index >= 15 is 0 Å². The van der Waals surface area contributed by atoms with Gasteiger partial charge in [-0.15, -0.1) is 0 Å². The van der Waals surface area contributed by atoms with Crippen LogP contribution in [0.15, 0.2) is 23.9 Å². The number of allylic oxidation sites excluding steroid dienone is 2. The minimum Gasteiger partial charge on any atom is -0.295 e. The predicted molar refractivity (Wildman–Crippen MR) is 67.9 cm³/mol. The number of aromatic nitrogens is 2. The highest BCUT2D eigenvalue weighted by Crippen LogP contribution is 2.20. The summed E-state index contributed by atoms with van der Waals surface area (Å²) in [4.78, 5) is 11.1. The van der Waals surface area contributed by atoms with Gasteiger partial charge < -0.3 is 0 Å². The van der Waals surface area contributed by atoms with Crippen molar-refractivity contribution in [2.75, 3.05) is 0 Å². The predicted octanol–water partition coefficient (Wildman–Crippen LogP) is 3.08. The minimum atomic E-state index is 0.263. The first-order valence-electron chi connectivity index (χ1n) is 6.49. The van der Waals surface area contributed by atoms with Crippen LogP contribution in [0.25, 0.3) is 0 Å². The molecule has 17 heavy (non-hydrogen) atoms. The second kappa shape index (κ2) is 5.30. The molecule has 1 aliphatic carbocycles. The summed E-state index contributed by atoms with van der Waals surface area (Å²) in [6.07, 6.45) is 8.50. The van der Waals surface area contributed by atoms with Gasteiger partial charge >= 0.3 is 0 Å². The quantitative estimate of drug-likeness (QED) is 0.782. The van der Waals surface area contributed by atoms with Crippen LogP contribution in [0.4, 0.5) is 0 Å². The van der Waals surface area contributed by atoms with Crippen molar-refractivity contribution in [2.24, 2.45) is 0 Å². The summed E-state index contributed by atoms with van der Waals surface area (Å²) in [5, 5.41) is 4.61. The molecule has 0 radical (unpaired) electrons. The Kier molecular flexibility index (Phi) is 3.77. The molecule has 0 aliphatic heterocycles. The lowest BCUT2D eigenvalue weighted by Crippen LogP contribution is -2.07. The first kappa shape index (κ1) is 12.1. The van der Waals surface area contributed by atoms with Crippen molar-refractivity contribution in [3.8, 4) is 0 Å². The maximum Gasteiger partial charge on any atom is 0.155 e. The third-order valence-corrected chi connectivity index (χ3v) is 3.45. The number of hydrogen-bond donors (Lipinski definition) is 0. The van der Waals surface area contributed by atoms with Crippen LogP contribution in [0, 0.1) is 0 Å². The standard InChI is InChI=1S/C14H20N2O/c1-3-13(4-2)16-8-7-12(15-16)9-11-5-6-14(17)10-11/h7-8,10,13H,3-6,9H2,1-2H3. The molecular formula is C14H20N2O. The second-order valence-electron chi connectivity index (χ2n) is 4.70. The molecule has 0 spiro atoms. The summed E-state index contributed by atoms with van der Waals surface area (Å²) >= 11 is 0. The molecular weight excluding hydrogens is 212 g/mol. The van der Waals surface area contributed by atoms with E-state index in [0.717, 1.165) is 31.4 Å². The normalized spacial score (nSPS) is 15.7. The van der Waals surface area contributed by atoms with Crippen molar-refractivity contribution in [2.45, 2.75) is 52.0 Å². The third kappa shape index (κ3) is 2.84. The van der Waals surface area contributed by atoms with Crippen molar-refractivity contribution >= 4 is 5.78 Å². The van der Waals surface area contributed by atoms with E-state index in [-0.39, 0.29) is 5.78 Å². The maximum atomic E-state index is 11.1. The van der Waals surface area contributed by atoms with Crippen LogP contribution in [-0.4, -0.2) is 15.6 Å². The molecule has 1 aliphatic rings. The van der Waals surface area contributed by atoms with Crippen LogP contribution in [0.3, 0.4) is 0 Å². The molecule has 0 saturated carbocycles. The fourth-order valence-electron chi connectivity index (χ4n) is 2.37. The van der Waals surface area contributed by atoms with Crippen LogP contribution in [0.2, 0.25) is 0 Å². The van der Waals surface area contributed by atoms with Crippen LogP contribution < -0.4 is 0 Å². The van der Waals surface area contributed by atoms with Gasteiger partial charge in [0.2, 0.25) is 0 Å². The Morgan fingerprint density at radius 1 is 1.35 bits per heavy atom. The molecule has 3 heteroatoms. The summed E-state index contributed by atoms with van der Waals surface area (Å²) in [7, 11) is 0. The molecule has 0 bridgehead atoms. The average molecular weight is 232 g/mol. The van der Waals surface area contributed by atoms with E-state index in [2.05, 4.69) is 35.9 Å². The highest BCUT2D eigenvalue weighted by molar-refractivity contribution is 5.93. The van der Waals surface area contributed by atoms with Crippen LogP contribution in [0.1, 0.15) is 51.3 Å². The summed E-state index contributed by atoms with van der Waals surface area (Å²) in [6.45, 7) is 4.38. The van der Waals surface area contributed by atoms with Gasteiger partial charge in [-0.05, 0) is 31.4 Å². The fourth-order valence-corrected chi connectivity index (χ4v) is 2.37. The average Bonchev–Trinajstić information content (AvgIpc) is 2.91. The molecule has 1 heterocycles. The van der Waals surface area contributed by atoms with Gasteiger partial charge in [-0.3, -0.25) is 9.48 Å². The maximum absolute atomic E-state index is 11.1. The van der Waals surface area contributed by atoms with E-state index in [9.17, 15) is 4.79 Å². The second-order valence-corrected chi connectivity index (χ2v) is 4.70. The first-order chi connectivity index (χ1) is 8.22. The number of hydrogen-bond acceptors (Lipinski definition) is 2. The molecule has 2 rings (SSSR count). The zero-order valence-corrected chi connectivity index (χ0v) is 10.6. The van der Waals surface area contributed by atoms with Crippen molar-refractivity contribution < 1.29 is 4.79 Å². The monoisotopic (exact) mass is 232 g/mol. The van der Waals surface area contributed by atoms with Crippen molar-refractivity contribution in [1.29, 1.82) is 0 Å². The third-order valence-electron chi connectivity index (χ3n) is 3.45. The lowest BCUT2D eigenvalue weighted by molar-refractivity contribution is -0.114. The molecule has 0 fully saturated rings. The van der Waals surface area contributed by atoms with E-state index in [0.29, 0.717) is 12.5 Å². The zero-order chi connectivity index (χ0) is 12.3. The molecule has 1 aromatic rings. The lowest BCUT2D eigenvalue weighted by atomic mass is 10.1. The lowest BCUT2D eigenvalue weighted by Gasteiger charge is -2.12. The van der Waals surface area contributed by atoms with E-state index in [1.807, 2.05) is 0 Å². The molecule has 3 nitrogen and oxygen atoms in total. The SMILES string of the molecule is CCC(CC)n1ccc(CC2=CC(=O)CC2)n1. The number of nitrogens with zero attached hydrogens (tertiary/aromatic N) is 2. The summed E-state index contributed by atoms with van der Waals surface area (Å²) in [5.41, 5.74) is 2.31. The Labute approximate surface area is 103 Å².